The Hall–Kier alpha value is -2.20. The van der Waals surface area contributed by atoms with E-state index >= 15 is 0 Å². The normalized spacial score (nSPS) is 10.5. The van der Waals surface area contributed by atoms with E-state index in [1.807, 2.05) is 27.7 Å². The van der Waals surface area contributed by atoms with Crippen molar-refractivity contribution in [2.24, 2.45) is 0 Å². The van der Waals surface area contributed by atoms with Crippen LogP contribution in [-0.4, -0.2) is 75.5 Å². The molecule has 10 heteroatoms. The summed E-state index contributed by atoms with van der Waals surface area (Å²) in [6.07, 6.45) is 0. The average Bonchev–Trinajstić information content (AvgIpc) is 2.58. The molecule has 26 heavy (non-hydrogen) atoms. The molecule has 0 aromatic heterocycles. The van der Waals surface area contributed by atoms with Crippen LogP contribution in [0.2, 0.25) is 0 Å². The number of nitrogens with one attached hydrogen (secondary N) is 2. The Bertz CT molecular complexity index is 423. The van der Waals surface area contributed by atoms with Crippen LogP contribution < -0.4 is 10.6 Å². The van der Waals surface area contributed by atoms with Gasteiger partial charge in [-0.2, -0.15) is 0 Å². The summed E-state index contributed by atoms with van der Waals surface area (Å²) in [4.78, 5) is 45.2. The first-order valence-corrected chi connectivity index (χ1v) is 8.30. The van der Waals surface area contributed by atoms with Gasteiger partial charge in [0.2, 0.25) is 0 Å². The van der Waals surface area contributed by atoms with Crippen LogP contribution in [0.25, 0.3) is 0 Å². The molecule has 0 unspecified atom stereocenters. The summed E-state index contributed by atoms with van der Waals surface area (Å²) >= 11 is 0. The van der Waals surface area contributed by atoms with E-state index in [1.54, 1.807) is 0 Å². The van der Waals surface area contributed by atoms with Crippen molar-refractivity contribution in [2.75, 3.05) is 39.5 Å². The van der Waals surface area contributed by atoms with Gasteiger partial charge < -0.3 is 29.6 Å². The fourth-order valence-corrected chi connectivity index (χ4v) is 1.35. The van der Waals surface area contributed by atoms with Crippen molar-refractivity contribution in [3.63, 3.8) is 0 Å². The minimum Gasteiger partial charge on any atom is -0.460 e. The number of carbonyl (C=O) groups is 4. The Morgan fingerprint density at radius 1 is 0.615 bits per heavy atom. The third-order valence-electron chi connectivity index (χ3n) is 2.62. The van der Waals surface area contributed by atoms with Crippen molar-refractivity contribution >= 4 is 23.9 Å². The molecule has 0 rings (SSSR count). The molecule has 0 amide bonds. The highest BCUT2D eigenvalue weighted by molar-refractivity contribution is 5.78. The fourth-order valence-electron chi connectivity index (χ4n) is 1.35. The Morgan fingerprint density at radius 2 is 0.962 bits per heavy atom. The number of carbonyl (C=O) groups excluding carboxylic acids is 4. The molecule has 0 saturated heterocycles. The summed E-state index contributed by atoms with van der Waals surface area (Å²) in [5, 5.41) is 5.69. The monoisotopic (exact) mass is 376 g/mol. The summed E-state index contributed by atoms with van der Waals surface area (Å²) < 4.78 is 18.8. The minimum atomic E-state index is -0.759. The van der Waals surface area contributed by atoms with E-state index in [1.165, 1.54) is 0 Å². The largest absolute Gasteiger partial charge is 0.460 e. The van der Waals surface area contributed by atoms with Crippen molar-refractivity contribution in [3.8, 4) is 0 Å². The van der Waals surface area contributed by atoms with Gasteiger partial charge in [-0.15, -0.1) is 0 Å². The molecular weight excluding hydrogens is 348 g/mol. The van der Waals surface area contributed by atoms with Gasteiger partial charge in [0.25, 0.3) is 0 Å². The maximum atomic E-state index is 11.3. The van der Waals surface area contributed by atoms with Crippen LogP contribution in [0, 0.1) is 0 Å². The summed E-state index contributed by atoms with van der Waals surface area (Å²) in [5.41, 5.74) is 0. The van der Waals surface area contributed by atoms with Crippen LogP contribution in [-0.2, 0) is 38.1 Å². The summed E-state index contributed by atoms with van der Waals surface area (Å²) in [6.45, 7) is 6.02. The van der Waals surface area contributed by atoms with Gasteiger partial charge in [-0.05, 0) is 0 Å². The molecule has 0 aromatic rings. The molecule has 0 atom stereocenters. The van der Waals surface area contributed by atoms with Gasteiger partial charge in [-0.1, -0.05) is 27.7 Å². The molecule has 0 aliphatic heterocycles. The zero-order valence-corrected chi connectivity index (χ0v) is 15.7. The molecular formula is C16H28N2O8. The highest BCUT2D eigenvalue weighted by atomic mass is 16.6. The lowest BCUT2D eigenvalue weighted by atomic mass is 10.4. The SMILES string of the molecule is CC(C)NCC(=O)OCC(=O)OCCOC(=O)COC(=O)CNC(C)C. The Balaban J connectivity index is 3.65. The van der Waals surface area contributed by atoms with Crippen LogP contribution >= 0.6 is 0 Å². The van der Waals surface area contributed by atoms with Crippen LogP contribution in [0.5, 0.6) is 0 Å². The number of ether oxygens (including phenoxy) is 4. The molecule has 0 aliphatic carbocycles. The molecule has 0 spiro atoms. The second-order valence-electron chi connectivity index (χ2n) is 5.83. The standard InChI is InChI=1S/C16H28N2O8/c1-11(2)17-7-13(19)25-9-15(21)23-5-6-24-16(22)10-26-14(20)8-18-12(3)4/h11-12,17-18H,5-10H2,1-4H3. The molecule has 0 aromatic carbocycles. The molecule has 2 N–H and O–H groups in total. The molecule has 10 nitrogen and oxygen atoms in total. The zero-order chi connectivity index (χ0) is 19.9. The number of esters is 4. The smallest absolute Gasteiger partial charge is 0.344 e. The van der Waals surface area contributed by atoms with E-state index < -0.39 is 37.1 Å². The Labute approximate surface area is 152 Å². The Kier molecular flexibility index (Phi) is 12.8. The predicted molar refractivity (Wildman–Crippen MR) is 90.1 cm³/mol. The summed E-state index contributed by atoms with van der Waals surface area (Å²) in [6, 6.07) is 0.241. The van der Waals surface area contributed by atoms with E-state index in [4.69, 9.17) is 9.47 Å². The van der Waals surface area contributed by atoms with Gasteiger partial charge in [0, 0.05) is 12.1 Å². The van der Waals surface area contributed by atoms with Crippen molar-refractivity contribution < 1.29 is 38.1 Å². The van der Waals surface area contributed by atoms with Crippen LogP contribution in [0.15, 0.2) is 0 Å². The van der Waals surface area contributed by atoms with Gasteiger partial charge in [0.15, 0.2) is 13.2 Å². The van der Waals surface area contributed by atoms with Crippen LogP contribution in [0.1, 0.15) is 27.7 Å². The van der Waals surface area contributed by atoms with Gasteiger partial charge in [-0.3, -0.25) is 9.59 Å². The maximum Gasteiger partial charge on any atom is 0.344 e. The van der Waals surface area contributed by atoms with Crippen LogP contribution in [0.3, 0.4) is 0 Å². The quantitative estimate of drug-likeness (QED) is 0.238. The van der Waals surface area contributed by atoms with Gasteiger partial charge >= 0.3 is 23.9 Å². The second-order valence-corrected chi connectivity index (χ2v) is 5.83. The third kappa shape index (κ3) is 15.3. The molecule has 0 aliphatic rings. The molecule has 0 heterocycles. The lowest BCUT2D eigenvalue weighted by Crippen LogP contribution is -2.32. The number of rotatable bonds is 13. The van der Waals surface area contributed by atoms with E-state index in [9.17, 15) is 19.2 Å². The van der Waals surface area contributed by atoms with Crippen molar-refractivity contribution in [1.82, 2.24) is 10.6 Å². The third-order valence-corrected chi connectivity index (χ3v) is 2.62. The van der Waals surface area contributed by atoms with Crippen LogP contribution in [0.4, 0.5) is 0 Å². The second kappa shape index (κ2) is 14.0. The van der Waals surface area contributed by atoms with Crippen molar-refractivity contribution in [1.29, 1.82) is 0 Å². The van der Waals surface area contributed by atoms with E-state index in [2.05, 4.69) is 20.1 Å². The van der Waals surface area contributed by atoms with Gasteiger partial charge in [0.1, 0.15) is 13.2 Å². The predicted octanol–water partition coefficient (Wildman–Crippen LogP) is -0.845. The topological polar surface area (TPSA) is 129 Å². The highest BCUT2D eigenvalue weighted by Gasteiger charge is 2.11. The molecule has 0 radical (unpaired) electrons. The zero-order valence-electron chi connectivity index (χ0n) is 15.7. The molecule has 0 bridgehead atoms. The van der Waals surface area contributed by atoms with Crippen molar-refractivity contribution in [3.05, 3.63) is 0 Å². The Morgan fingerprint density at radius 3 is 1.27 bits per heavy atom. The fraction of sp³-hybridized carbons (Fsp3) is 0.750. The molecule has 0 fully saturated rings. The lowest BCUT2D eigenvalue weighted by molar-refractivity contribution is -0.163. The summed E-state index contributed by atoms with van der Waals surface area (Å²) in [5.74, 6) is -2.66. The van der Waals surface area contributed by atoms with Gasteiger partial charge in [-0.25, -0.2) is 9.59 Å². The first-order valence-electron chi connectivity index (χ1n) is 8.30. The first-order chi connectivity index (χ1) is 12.2. The molecule has 150 valence electrons. The van der Waals surface area contributed by atoms with E-state index in [0.717, 1.165) is 0 Å². The van der Waals surface area contributed by atoms with E-state index in [0.29, 0.717) is 0 Å². The highest BCUT2D eigenvalue weighted by Crippen LogP contribution is 1.88. The molecule has 0 saturated carbocycles. The maximum absolute atomic E-state index is 11.3. The van der Waals surface area contributed by atoms with Crippen molar-refractivity contribution in [2.45, 2.75) is 39.8 Å². The average molecular weight is 376 g/mol. The number of hydrogen-bond acceptors (Lipinski definition) is 10. The lowest BCUT2D eigenvalue weighted by Gasteiger charge is -2.09. The van der Waals surface area contributed by atoms with E-state index in [-0.39, 0.29) is 38.4 Å². The first kappa shape index (κ1) is 23.8. The summed E-state index contributed by atoms with van der Waals surface area (Å²) in [7, 11) is 0. The number of hydrogen-bond donors (Lipinski definition) is 2. The van der Waals surface area contributed by atoms with Gasteiger partial charge in [0.05, 0.1) is 13.1 Å². The minimum absolute atomic E-state index is 0.00598.